The summed E-state index contributed by atoms with van der Waals surface area (Å²) in [4.78, 5) is 8.89. The summed E-state index contributed by atoms with van der Waals surface area (Å²) in [6.45, 7) is 4.95. The molecule has 0 saturated heterocycles. The van der Waals surface area contributed by atoms with Crippen LogP contribution in [0.4, 0.5) is 5.95 Å². The van der Waals surface area contributed by atoms with Crippen LogP contribution in [0.3, 0.4) is 0 Å². The first-order valence-electron chi connectivity index (χ1n) is 6.37. The molecule has 2 rings (SSSR count). The Labute approximate surface area is 108 Å². The summed E-state index contributed by atoms with van der Waals surface area (Å²) >= 11 is 0. The molecule has 1 heterocycles. The molecule has 0 amide bonds. The molecule has 4 nitrogen and oxygen atoms in total. The van der Waals surface area contributed by atoms with Crippen LogP contribution in [0.15, 0.2) is 30.5 Å². The highest BCUT2D eigenvalue weighted by Crippen LogP contribution is 2.20. The van der Waals surface area contributed by atoms with Gasteiger partial charge in [0.15, 0.2) is 0 Å². The van der Waals surface area contributed by atoms with Gasteiger partial charge in [0.1, 0.15) is 0 Å². The van der Waals surface area contributed by atoms with Crippen molar-refractivity contribution in [3.05, 3.63) is 30.5 Å². The Bertz CT molecular complexity index is 526. The first-order valence-corrected chi connectivity index (χ1v) is 6.37. The van der Waals surface area contributed by atoms with Gasteiger partial charge in [0, 0.05) is 17.1 Å². The van der Waals surface area contributed by atoms with Crippen molar-refractivity contribution in [2.24, 2.45) is 5.73 Å². The average molecular weight is 244 g/mol. The van der Waals surface area contributed by atoms with E-state index in [0.29, 0.717) is 12.5 Å². The van der Waals surface area contributed by atoms with Gasteiger partial charge in [-0.05, 0) is 32.4 Å². The van der Waals surface area contributed by atoms with Gasteiger partial charge in [0.25, 0.3) is 0 Å². The largest absolute Gasteiger partial charge is 0.349 e. The molecular weight excluding hydrogens is 224 g/mol. The van der Waals surface area contributed by atoms with Crippen LogP contribution in [-0.2, 0) is 0 Å². The van der Waals surface area contributed by atoms with Crippen LogP contribution >= 0.6 is 0 Å². The van der Waals surface area contributed by atoms with E-state index in [-0.39, 0.29) is 5.54 Å². The number of rotatable bonds is 5. The maximum atomic E-state index is 5.65. The van der Waals surface area contributed by atoms with Crippen LogP contribution in [0.5, 0.6) is 0 Å². The number of para-hydroxylation sites is 1. The molecule has 4 heteroatoms. The van der Waals surface area contributed by atoms with Crippen molar-refractivity contribution in [3.8, 4) is 0 Å². The maximum Gasteiger partial charge on any atom is 0.223 e. The number of anilines is 1. The predicted octanol–water partition coefficient (Wildman–Crippen LogP) is 2.56. The van der Waals surface area contributed by atoms with Crippen LogP contribution in [0, 0.1) is 0 Å². The van der Waals surface area contributed by atoms with Crippen molar-refractivity contribution in [1.82, 2.24) is 9.97 Å². The Balaban J connectivity index is 2.26. The lowest BCUT2D eigenvalue weighted by Crippen LogP contribution is -2.37. The van der Waals surface area contributed by atoms with E-state index in [1.165, 1.54) is 0 Å². The first kappa shape index (κ1) is 12.8. The number of nitrogens with one attached hydrogen (secondary N) is 1. The monoisotopic (exact) mass is 244 g/mol. The molecule has 2 aromatic rings. The molecular formula is C14H20N4. The van der Waals surface area contributed by atoms with Crippen LogP contribution in [0.1, 0.15) is 26.7 Å². The molecule has 0 saturated carbocycles. The highest BCUT2D eigenvalue weighted by atomic mass is 15.1. The lowest BCUT2D eigenvalue weighted by atomic mass is 9.95. The Morgan fingerprint density at radius 1 is 1.33 bits per heavy atom. The SMILES string of the molecule is CCC(C)(CCN)Nc1ncc2ccccc2n1. The Morgan fingerprint density at radius 3 is 2.83 bits per heavy atom. The molecule has 1 unspecified atom stereocenters. The Morgan fingerprint density at radius 2 is 2.11 bits per heavy atom. The highest BCUT2D eigenvalue weighted by Gasteiger charge is 2.21. The summed E-state index contributed by atoms with van der Waals surface area (Å²) in [7, 11) is 0. The fourth-order valence-electron chi connectivity index (χ4n) is 1.95. The zero-order valence-electron chi connectivity index (χ0n) is 11.0. The van der Waals surface area contributed by atoms with Gasteiger partial charge in [-0.1, -0.05) is 25.1 Å². The van der Waals surface area contributed by atoms with E-state index in [1.807, 2.05) is 30.5 Å². The van der Waals surface area contributed by atoms with Crippen molar-refractivity contribution in [2.75, 3.05) is 11.9 Å². The molecule has 1 aromatic carbocycles. The maximum absolute atomic E-state index is 5.65. The van der Waals surface area contributed by atoms with Crippen molar-refractivity contribution in [2.45, 2.75) is 32.2 Å². The van der Waals surface area contributed by atoms with E-state index in [4.69, 9.17) is 5.73 Å². The molecule has 3 N–H and O–H groups in total. The van der Waals surface area contributed by atoms with E-state index < -0.39 is 0 Å². The third kappa shape index (κ3) is 2.76. The summed E-state index contributed by atoms with van der Waals surface area (Å²) in [5.41, 5.74) is 6.57. The molecule has 0 aliphatic heterocycles. The van der Waals surface area contributed by atoms with Crippen LogP contribution in [0.25, 0.3) is 10.9 Å². The number of hydrogen-bond acceptors (Lipinski definition) is 4. The normalized spacial score (nSPS) is 14.4. The Hall–Kier alpha value is -1.68. The van der Waals surface area contributed by atoms with E-state index in [2.05, 4.69) is 29.1 Å². The standard InChI is InChI=1S/C14H20N4/c1-3-14(2,8-9-15)18-13-16-10-11-6-4-5-7-12(11)17-13/h4-7,10H,3,8-9,15H2,1-2H3,(H,16,17,18). The fraction of sp³-hybridized carbons (Fsp3) is 0.429. The van der Waals surface area contributed by atoms with Gasteiger partial charge >= 0.3 is 0 Å². The fourth-order valence-corrected chi connectivity index (χ4v) is 1.95. The Kier molecular flexibility index (Phi) is 3.77. The second-order valence-corrected chi connectivity index (χ2v) is 4.83. The van der Waals surface area contributed by atoms with Gasteiger partial charge in [0.2, 0.25) is 5.95 Å². The average Bonchev–Trinajstić information content (AvgIpc) is 2.39. The molecule has 0 aliphatic rings. The van der Waals surface area contributed by atoms with Gasteiger partial charge < -0.3 is 11.1 Å². The molecule has 0 bridgehead atoms. The topological polar surface area (TPSA) is 63.8 Å². The molecule has 1 atom stereocenters. The number of nitrogens with two attached hydrogens (primary N) is 1. The highest BCUT2D eigenvalue weighted by molar-refractivity contribution is 5.78. The number of fused-ring (bicyclic) bond motifs is 1. The van der Waals surface area contributed by atoms with E-state index >= 15 is 0 Å². The lowest BCUT2D eigenvalue weighted by molar-refractivity contribution is 0.460. The minimum absolute atomic E-state index is 0.0444. The van der Waals surface area contributed by atoms with Crippen LogP contribution < -0.4 is 11.1 Å². The molecule has 0 fully saturated rings. The summed E-state index contributed by atoms with van der Waals surface area (Å²) < 4.78 is 0. The van der Waals surface area contributed by atoms with E-state index in [1.54, 1.807) is 0 Å². The number of nitrogens with zero attached hydrogens (tertiary/aromatic N) is 2. The first-order chi connectivity index (χ1) is 8.67. The smallest absolute Gasteiger partial charge is 0.223 e. The van der Waals surface area contributed by atoms with Gasteiger partial charge in [-0.2, -0.15) is 0 Å². The van der Waals surface area contributed by atoms with Crippen LogP contribution in [-0.4, -0.2) is 22.1 Å². The second kappa shape index (κ2) is 5.31. The number of benzene rings is 1. The van der Waals surface area contributed by atoms with Crippen molar-refractivity contribution in [1.29, 1.82) is 0 Å². The summed E-state index contributed by atoms with van der Waals surface area (Å²) in [6.07, 6.45) is 3.74. The number of hydrogen-bond donors (Lipinski definition) is 2. The molecule has 0 spiro atoms. The minimum Gasteiger partial charge on any atom is -0.349 e. The van der Waals surface area contributed by atoms with Crippen LogP contribution in [0.2, 0.25) is 0 Å². The summed E-state index contributed by atoms with van der Waals surface area (Å²) in [5.74, 6) is 0.673. The summed E-state index contributed by atoms with van der Waals surface area (Å²) in [5, 5.41) is 4.45. The van der Waals surface area contributed by atoms with Crippen molar-refractivity contribution >= 4 is 16.9 Å². The lowest BCUT2D eigenvalue weighted by Gasteiger charge is -2.29. The minimum atomic E-state index is -0.0444. The molecule has 18 heavy (non-hydrogen) atoms. The second-order valence-electron chi connectivity index (χ2n) is 4.83. The van der Waals surface area contributed by atoms with E-state index in [9.17, 15) is 0 Å². The third-order valence-electron chi connectivity index (χ3n) is 3.38. The predicted molar refractivity (Wildman–Crippen MR) is 75.5 cm³/mol. The van der Waals surface area contributed by atoms with Crippen molar-refractivity contribution < 1.29 is 0 Å². The van der Waals surface area contributed by atoms with Gasteiger partial charge in [-0.3, -0.25) is 0 Å². The van der Waals surface area contributed by atoms with Gasteiger partial charge in [-0.15, -0.1) is 0 Å². The molecule has 0 radical (unpaired) electrons. The van der Waals surface area contributed by atoms with E-state index in [0.717, 1.165) is 23.7 Å². The van der Waals surface area contributed by atoms with Crippen molar-refractivity contribution in [3.63, 3.8) is 0 Å². The zero-order chi connectivity index (χ0) is 13.0. The molecule has 0 aliphatic carbocycles. The number of aromatic nitrogens is 2. The zero-order valence-corrected chi connectivity index (χ0v) is 11.0. The van der Waals surface area contributed by atoms with Gasteiger partial charge in [0.05, 0.1) is 5.52 Å². The quantitative estimate of drug-likeness (QED) is 0.848. The molecule has 96 valence electrons. The molecule has 1 aromatic heterocycles. The third-order valence-corrected chi connectivity index (χ3v) is 3.38. The van der Waals surface area contributed by atoms with Gasteiger partial charge in [-0.25, -0.2) is 9.97 Å². The summed E-state index contributed by atoms with van der Waals surface area (Å²) in [6, 6.07) is 7.98.